The molecule has 1 aromatic heterocycles. The van der Waals surface area contributed by atoms with Gasteiger partial charge in [0.15, 0.2) is 5.78 Å². The van der Waals surface area contributed by atoms with E-state index in [1.807, 2.05) is 31.2 Å². The van der Waals surface area contributed by atoms with Crippen molar-refractivity contribution in [3.63, 3.8) is 0 Å². The third kappa shape index (κ3) is 5.13. The van der Waals surface area contributed by atoms with Crippen molar-refractivity contribution in [2.24, 2.45) is 0 Å². The Morgan fingerprint density at radius 3 is 2.53 bits per heavy atom. The van der Waals surface area contributed by atoms with E-state index in [0.717, 1.165) is 11.1 Å². The fourth-order valence-corrected chi connectivity index (χ4v) is 4.49. The van der Waals surface area contributed by atoms with Gasteiger partial charge in [0.2, 0.25) is 0 Å². The maximum Gasteiger partial charge on any atom is 0.269 e. The average molecular weight is 464 g/mol. The summed E-state index contributed by atoms with van der Waals surface area (Å²) in [7, 11) is 0. The SMILES string of the molecule is Cc1ccc(C=c2sc(=CC(=O)c3cccc(Cl)c3)n(Cc3cccc(F)c3)c2=O)cc1. The number of aromatic nitrogens is 1. The molecule has 0 unspecified atom stereocenters. The molecule has 0 saturated heterocycles. The van der Waals surface area contributed by atoms with Crippen molar-refractivity contribution < 1.29 is 9.18 Å². The number of nitrogens with zero attached hydrogens (tertiary/aromatic N) is 1. The number of carbonyl (C=O) groups excluding carboxylic acids is 1. The molecule has 32 heavy (non-hydrogen) atoms. The van der Waals surface area contributed by atoms with Crippen LogP contribution in [0.4, 0.5) is 4.39 Å². The second-order valence-electron chi connectivity index (χ2n) is 7.40. The molecule has 0 aliphatic heterocycles. The van der Waals surface area contributed by atoms with Crippen LogP contribution in [0, 0.1) is 12.7 Å². The van der Waals surface area contributed by atoms with Gasteiger partial charge in [-0.3, -0.25) is 14.2 Å². The number of benzene rings is 3. The van der Waals surface area contributed by atoms with Crippen LogP contribution in [0.1, 0.15) is 27.0 Å². The number of halogens is 2. The molecule has 6 heteroatoms. The highest BCUT2D eigenvalue weighted by molar-refractivity contribution is 7.07. The zero-order chi connectivity index (χ0) is 22.7. The van der Waals surface area contributed by atoms with Crippen molar-refractivity contribution in [3.8, 4) is 0 Å². The number of aryl methyl sites for hydroxylation is 1. The van der Waals surface area contributed by atoms with E-state index in [9.17, 15) is 14.0 Å². The Hall–Kier alpha value is -3.28. The van der Waals surface area contributed by atoms with Crippen molar-refractivity contribution in [2.75, 3.05) is 0 Å². The van der Waals surface area contributed by atoms with Gasteiger partial charge in [0.05, 0.1) is 11.1 Å². The lowest BCUT2D eigenvalue weighted by Gasteiger charge is -2.03. The molecule has 0 fully saturated rings. The number of thiazole rings is 1. The number of rotatable bonds is 5. The van der Waals surface area contributed by atoms with Gasteiger partial charge in [0.25, 0.3) is 5.56 Å². The van der Waals surface area contributed by atoms with Gasteiger partial charge in [0, 0.05) is 16.7 Å². The Labute approximate surface area is 193 Å². The Bertz CT molecular complexity index is 1470. The van der Waals surface area contributed by atoms with E-state index in [4.69, 9.17) is 11.6 Å². The molecule has 160 valence electrons. The number of Topliss-reactive ketones (excluding diaryl/α,β-unsaturated/α-hetero) is 1. The van der Waals surface area contributed by atoms with Crippen LogP contribution < -0.4 is 14.8 Å². The quantitative estimate of drug-likeness (QED) is 0.407. The van der Waals surface area contributed by atoms with E-state index in [-0.39, 0.29) is 23.7 Å². The third-order valence-corrected chi connectivity index (χ3v) is 6.20. The normalized spacial score (nSPS) is 12.3. The standard InChI is InChI=1S/C26H19ClFNO2S/c1-17-8-10-18(11-9-17)13-24-26(31)29(16-19-4-2-7-22(28)12-19)25(32-24)15-23(30)20-5-3-6-21(27)14-20/h2-15H,16H2,1H3. The molecule has 4 aromatic rings. The van der Waals surface area contributed by atoms with Crippen LogP contribution in [0.25, 0.3) is 12.2 Å². The number of hydrogen-bond donors (Lipinski definition) is 0. The Morgan fingerprint density at radius 2 is 1.81 bits per heavy atom. The molecule has 0 atom stereocenters. The van der Waals surface area contributed by atoms with Crippen LogP contribution >= 0.6 is 22.9 Å². The summed E-state index contributed by atoms with van der Waals surface area (Å²) >= 11 is 7.24. The zero-order valence-corrected chi connectivity index (χ0v) is 18.8. The number of ketones is 1. The van der Waals surface area contributed by atoms with Crippen LogP contribution in [0.15, 0.2) is 77.6 Å². The molecule has 0 bridgehead atoms. The van der Waals surface area contributed by atoms with Gasteiger partial charge in [-0.15, -0.1) is 11.3 Å². The second kappa shape index (κ2) is 9.47. The lowest BCUT2D eigenvalue weighted by molar-refractivity contribution is 0.106. The smallest absolute Gasteiger partial charge is 0.269 e. The molecule has 0 aliphatic rings. The van der Waals surface area contributed by atoms with E-state index in [1.165, 1.54) is 34.1 Å². The molecule has 0 aliphatic carbocycles. The van der Waals surface area contributed by atoms with Crippen molar-refractivity contribution in [2.45, 2.75) is 13.5 Å². The van der Waals surface area contributed by atoms with E-state index < -0.39 is 0 Å². The summed E-state index contributed by atoms with van der Waals surface area (Å²) in [5, 5.41) is 0.459. The summed E-state index contributed by atoms with van der Waals surface area (Å²) in [5.41, 5.74) is 2.85. The van der Waals surface area contributed by atoms with Gasteiger partial charge < -0.3 is 0 Å². The Morgan fingerprint density at radius 1 is 1.06 bits per heavy atom. The molecule has 0 saturated carbocycles. The monoisotopic (exact) mass is 463 g/mol. The van der Waals surface area contributed by atoms with E-state index in [1.54, 1.807) is 42.5 Å². The lowest BCUT2D eigenvalue weighted by Crippen LogP contribution is -2.32. The van der Waals surface area contributed by atoms with E-state index >= 15 is 0 Å². The predicted octanol–water partition coefficient (Wildman–Crippen LogP) is 4.55. The summed E-state index contributed by atoms with van der Waals surface area (Å²) in [6.07, 6.45) is 3.24. The minimum absolute atomic E-state index is 0.156. The van der Waals surface area contributed by atoms with Crippen LogP contribution in [0.5, 0.6) is 0 Å². The molecule has 4 rings (SSSR count). The number of carbonyl (C=O) groups is 1. The Kier molecular flexibility index (Phi) is 6.49. The zero-order valence-electron chi connectivity index (χ0n) is 17.2. The van der Waals surface area contributed by atoms with Crippen LogP contribution in [0.2, 0.25) is 5.02 Å². The van der Waals surface area contributed by atoms with Gasteiger partial charge in [-0.2, -0.15) is 0 Å². The van der Waals surface area contributed by atoms with Crippen molar-refractivity contribution >= 4 is 40.9 Å². The first kappa shape index (κ1) is 21.9. The first-order valence-corrected chi connectivity index (χ1v) is 11.1. The molecule has 0 spiro atoms. The molecule has 0 amide bonds. The molecule has 3 aromatic carbocycles. The maximum absolute atomic E-state index is 13.7. The molecule has 3 nitrogen and oxygen atoms in total. The van der Waals surface area contributed by atoms with Gasteiger partial charge in [-0.1, -0.05) is 65.7 Å². The molecule has 1 heterocycles. The topological polar surface area (TPSA) is 39.1 Å². The van der Waals surface area contributed by atoms with Crippen LogP contribution in [-0.2, 0) is 6.54 Å². The third-order valence-electron chi connectivity index (χ3n) is 4.91. The van der Waals surface area contributed by atoms with Crippen LogP contribution in [0.3, 0.4) is 0 Å². The van der Waals surface area contributed by atoms with Gasteiger partial charge in [-0.25, -0.2) is 4.39 Å². The minimum Gasteiger partial charge on any atom is -0.294 e. The van der Waals surface area contributed by atoms with Crippen molar-refractivity contribution in [3.05, 3.63) is 125 Å². The van der Waals surface area contributed by atoms with Crippen LogP contribution in [-0.4, -0.2) is 10.4 Å². The van der Waals surface area contributed by atoms with Gasteiger partial charge in [-0.05, 0) is 48.4 Å². The van der Waals surface area contributed by atoms with Gasteiger partial charge >= 0.3 is 0 Å². The van der Waals surface area contributed by atoms with Crippen molar-refractivity contribution in [1.29, 1.82) is 0 Å². The predicted molar refractivity (Wildman–Crippen MR) is 128 cm³/mol. The fraction of sp³-hybridized carbons (Fsp3) is 0.0769. The minimum atomic E-state index is -0.377. The molecular weight excluding hydrogens is 445 g/mol. The summed E-state index contributed by atoms with van der Waals surface area (Å²) in [5.74, 6) is -0.638. The van der Waals surface area contributed by atoms with Crippen molar-refractivity contribution in [1.82, 2.24) is 4.57 Å². The first-order chi connectivity index (χ1) is 15.4. The fourth-order valence-electron chi connectivity index (χ4n) is 3.26. The Balaban J connectivity index is 1.85. The molecule has 0 N–H and O–H groups in total. The molecular formula is C26H19ClFNO2S. The number of hydrogen-bond acceptors (Lipinski definition) is 3. The highest BCUT2D eigenvalue weighted by atomic mass is 35.5. The molecule has 0 radical (unpaired) electrons. The van der Waals surface area contributed by atoms with Gasteiger partial charge in [0.1, 0.15) is 10.5 Å². The summed E-state index contributed by atoms with van der Waals surface area (Å²) in [6.45, 7) is 2.15. The first-order valence-electron chi connectivity index (χ1n) is 9.93. The highest BCUT2D eigenvalue weighted by Gasteiger charge is 2.10. The second-order valence-corrected chi connectivity index (χ2v) is 8.90. The largest absolute Gasteiger partial charge is 0.294 e. The lowest BCUT2D eigenvalue weighted by atomic mass is 10.1. The highest BCUT2D eigenvalue weighted by Crippen LogP contribution is 2.12. The summed E-state index contributed by atoms with van der Waals surface area (Å²) in [4.78, 5) is 26.1. The van der Waals surface area contributed by atoms with E-state index in [0.29, 0.717) is 25.3 Å². The van der Waals surface area contributed by atoms with E-state index in [2.05, 4.69) is 0 Å². The average Bonchev–Trinajstić information content (AvgIpc) is 3.04. The summed E-state index contributed by atoms with van der Waals surface area (Å²) < 4.78 is 16.2. The maximum atomic E-state index is 13.7. The summed E-state index contributed by atoms with van der Waals surface area (Å²) in [6, 6.07) is 20.6.